The quantitative estimate of drug-likeness (QED) is 0.428. The molecule has 0 spiro atoms. The second kappa shape index (κ2) is 12.2. The molecule has 0 amide bonds. The Bertz CT molecular complexity index is 1290. The maximum atomic E-state index is 12.0. The van der Waals surface area contributed by atoms with Gasteiger partial charge < -0.3 is 9.98 Å². The molecule has 4 rings (SSSR count). The molecular weight excluding hydrogens is 504 g/mol. The number of sulfonamides is 1. The zero-order chi connectivity index (χ0) is 27.2. The summed E-state index contributed by atoms with van der Waals surface area (Å²) in [5.41, 5.74) is 4.55. The van der Waals surface area contributed by atoms with E-state index in [0.29, 0.717) is 19.0 Å². The first-order valence-corrected chi connectivity index (χ1v) is 14.6. The summed E-state index contributed by atoms with van der Waals surface area (Å²) in [6.07, 6.45) is 20.1. The first-order valence-electron chi connectivity index (χ1n) is 12.4. The van der Waals surface area contributed by atoms with Gasteiger partial charge in [0.1, 0.15) is 0 Å². The molecule has 1 N–H and O–H groups in total. The van der Waals surface area contributed by atoms with Gasteiger partial charge >= 0.3 is 0 Å². The fraction of sp³-hybridized carbons (Fsp3) is 0.379. The molecule has 37 heavy (non-hydrogen) atoms. The van der Waals surface area contributed by atoms with E-state index in [4.69, 9.17) is 17.0 Å². The fourth-order valence-electron chi connectivity index (χ4n) is 4.83. The fourth-order valence-corrected chi connectivity index (χ4v) is 5.88. The van der Waals surface area contributed by atoms with Crippen LogP contribution in [0, 0.1) is 11.3 Å². The molecule has 0 saturated carbocycles. The van der Waals surface area contributed by atoms with Crippen LogP contribution in [0.1, 0.15) is 50.7 Å². The zero-order valence-electron chi connectivity index (χ0n) is 22.1. The van der Waals surface area contributed by atoms with Crippen molar-refractivity contribution in [1.82, 2.24) is 13.9 Å². The van der Waals surface area contributed by atoms with Gasteiger partial charge in [-0.1, -0.05) is 48.6 Å². The highest BCUT2D eigenvalue weighted by Crippen LogP contribution is 2.41. The average Bonchev–Trinajstić information content (AvgIpc) is 3.37. The highest BCUT2D eigenvalue weighted by Gasteiger charge is 2.31. The molecule has 2 aliphatic rings. The predicted octanol–water partition coefficient (Wildman–Crippen LogP) is 6.45. The predicted molar refractivity (Wildman–Crippen MR) is 155 cm³/mol. The smallest absolute Gasteiger partial charge is 0.211 e. The van der Waals surface area contributed by atoms with Crippen LogP contribution in [-0.4, -0.2) is 47.8 Å². The van der Waals surface area contributed by atoms with E-state index in [1.54, 1.807) is 10.5 Å². The van der Waals surface area contributed by atoms with Crippen molar-refractivity contribution in [3.63, 3.8) is 0 Å². The lowest BCUT2D eigenvalue weighted by Crippen LogP contribution is -2.39. The van der Waals surface area contributed by atoms with Gasteiger partial charge in [0.25, 0.3) is 0 Å². The molecule has 1 aliphatic heterocycles. The lowest BCUT2D eigenvalue weighted by Gasteiger charge is -2.34. The zero-order valence-corrected chi connectivity index (χ0v) is 23.6. The molecule has 6 nitrogen and oxygen atoms in total. The summed E-state index contributed by atoms with van der Waals surface area (Å²) in [6, 6.07) is 6.13. The van der Waals surface area contributed by atoms with Gasteiger partial charge in [0.05, 0.1) is 18.1 Å². The van der Waals surface area contributed by atoms with Crippen molar-refractivity contribution in [3.05, 3.63) is 95.1 Å². The van der Waals surface area contributed by atoms with E-state index in [1.165, 1.54) is 23.5 Å². The van der Waals surface area contributed by atoms with Crippen LogP contribution in [0.2, 0.25) is 5.02 Å². The van der Waals surface area contributed by atoms with Gasteiger partial charge in [-0.05, 0) is 80.0 Å². The van der Waals surface area contributed by atoms with Crippen molar-refractivity contribution in [3.8, 4) is 0 Å². The molecule has 1 fully saturated rings. The minimum Gasteiger partial charge on any atom is -0.328 e. The second-order valence-electron chi connectivity index (χ2n) is 10.1. The van der Waals surface area contributed by atoms with Crippen molar-refractivity contribution in [2.45, 2.75) is 45.1 Å². The Kier molecular flexibility index (Phi) is 9.51. The van der Waals surface area contributed by atoms with Crippen LogP contribution in [0.5, 0.6) is 0 Å². The van der Waals surface area contributed by atoms with Crippen molar-refractivity contribution < 1.29 is 8.42 Å². The molecule has 0 bridgehead atoms. The van der Waals surface area contributed by atoms with E-state index in [1.807, 2.05) is 24.7 Å². The SMILES string of the molecule is C=CC=N.CC1=CC(C2CCN(S(C)(=O)=O)CC2)c2ccc(Cl)cc2C=C1/C=C/C(C)(C)n1ccnc1. The van der Waals surface area contributed by atoms with E-state index in [0.717, 1.165) is 35.2 Å². The number of nitrogens with one attached hydrogen (secondary N) is 1. The van der Waals surface area contributed by atoms with Crippen molar-refractivity contribution in [2.75, 3.05) is 19.3 Å². The van der Waals surface area contributed by atoms with Gasteiger partial charge in [-0.25, -0.2) is 17.7 Å². The number of hydrogen-bond donors (Lipinski definition) is 1. The number of piperidine rings is 1. The topological polar surface area (TPSA) is 79.0 Å². The van der Waals surface area contributed by atoms with Crippen molar-refractivity contribution >= 4 is 33.9 Å². The minimum absolute atomic E-state index is 0.209. The van der Waals surface area contributed by atoms with Crippen LogP contribution in [0.15, 0.2) is 78.9 Å². The summed E-state index contributed by atoms with van der Waals surface area (Å²) in [4.78, 5) is 4.18. The number of nitrogens with zero attached hydrogens (tertiary/aromatic N) is 3. The molecule has 1 saturated heterocycles. The van der Waals surface area contributed by atoms with Gasteiger partial charge in [-0.3, -0.25) is 0 Å². The highest BCUT2D eigenvalue weighted by atomic mass is 35.5. The van der Waals surface area contributed by atoms with Gasteiger partial charge in [-0.2, -0.15) is 0 Å². The minimum atomic E-state index is -3.14. The number of halogens is 1. The molecular formula is C29H37ClN4O2S. The molecule has 1 aromatic carbocycles. The molecule has 2 aromatic rings. The number of allylic oxidation sites excluding steroid dienone is 6. The number of rotatable bonds is 6. The number of imidazole rings is 1. The molecule has 8 heteroatoms. The third-order valence-electron chi connectivity index (χ3n) is 7.04. The number of aromatic nitrogens is 2. The molecule has 2 heterocycles. The van der Waals surface area contributed by atoms with E-state index >= 15 is 0 Å². The first-order chi connectivity index (χ1) is 17.5. The highest BCUT2D eigenvalue weighted by molar-refractivity contribution is 7.88. The summed E-state index contributed by atoms with van der Waals surface area (Å²) < 4.78 is 27.6. The third kappa shape index (κ3) is 7.40. The van der Waals surface area contributed by atoms with E-state index in [9.17, 15) is 8.42 Å². The van der Waals surface area contributed by atoms with Crippen LogP contribution in [0.4, 0.5) is 0 Å². The lowest BCUT2D eigenvalue weighted by atomic mass is 9.78. The Labute approximate surface area is 226 Å². The normalized spacial score (nSPS) is 19.2. The Morgan fingerprint density at radius 1 is 1.24 bits per heavy atom. The van der Waals surface area contributed by atoms with Crippen molar-refractivity contribution in [1.29, 1.82) is 5.41 Å². The first kappa shape index (κ1) is 28.8. The summed E-state index contributed by atoms with van der Waals surface area (Å²) in [5.74, 6) is 0.611. The van der Waals surface area contributed by atoms with Crippen LogP contribution in [-0.2, 0) is 15.6 Å². The Balaban J connectivity index is 0.000000886. The Hall–Kier alpha value is -2.74. The second-order valence-corrected chi connectivity index (χ2v) is 12.5. The van der Waals surface area contributed by atoms with Crippen LogP contribution < -0.4 is 0 Å². The molecule has 1 unspecified atom stereocenters. The van der Waals surface area contributed by atoms with Gasteiger partial charge in [-0.15, -0.1) is 0 Å². The molecule has 1 aromatic heterocycles. The summed E-state index contributed by atoms with van der Waals surface area (Å²) in [6.45, 7) is 10.9. The Morgan fingerprint density at radius 2 is 1.92 bits per heavy atom. The maximum Gasteiger partial charge on any atom is 0.211 e. The Morgan fingerprint density at radius 3 is 2.49 bits per heavy atom. The van der Waals surface area contributed by atoms with Crippen LogP contribution in [0.25, 0.3) is 6.08 Å². The van der Waals surface area contributed by atoms with Gasteiger partial charge in [0.15, 0.2) is 0 Å². The third-order valence-corrected chi connectivity index (χ3v) is 8.58. The van der Waals surface area contributed by atoms with E-state index in [2.05, 4.69) is 67.3 Å². The summed E-state index contributed by atoms with van der Waals surface area (Å²) >= 11 is 6.39. The summed E-state index contributed by atoms with van der Waals surface area (Å²) in [5, 5.41) is 6.93. The van der Waals surface area contributed by atoms with E-state index in [-0.39, 0.29) is 11.5 Å². The van der Waals surface area contributed by atoms with Gasteiger partial charge in [0.2, 0.25) is 10.0 Å². The lowest BCUT2D eigenvalue weighted by molar-refractivity contribution is 0.260. The molecule has 0 radical (unpaired) electrons. The van der Waals surface area contributed by atoms with Crippen LogP contribution >= 0.6 is 11.6 Å². The number of hydrogen-bond acceptors (Lipinski definition) is 4. The maximum absolute atomic E-state index is 12.0. The van der Waals surface area contributed by atoms with Crippen molar-refractivity contribution in [2.24, 2.45) is 5.92 Å². The van der Waals surface area contributed by atoms with E-state index < -0.39 is 10.0 Å². The number of fused-ring (bicyclic) bond motifs is 1. The monoisotopic (exact) mass is 540 g/mol. The molecule has 198 valence electrons. The summed E-state index contributed by atoms with van der Waals surface area (Å²) in [7, 11) is -3.14. The number of benzene rings is 1. The molecule has 1 aliphatic carbocycles. The molecule has 1 atom stereocenters. The largest absolute Gasteiger partial charge is 0.328 e. The van der Waals surface area contributed by atoms with Gasteiger partial charge in [0, 0.05) is 42.6 Å². The van der Waals surface area contributed by atoms with Crippen LogP contribution in [0.3, 0.4) is 0 Å². The average molecular weight is 541 g/mol. The standard InChI is InChI=1S/C26H32ClN3O2S.C3H5N/c1-19-15-25(20-8-12-30(13-9-20)33(4,31)32)24-6-5-23(27)17-22(24)16-21(19)7-10-26(2,3)29-14-11-28-18-29;1-2-3-4/h5-7,10-11,14-18,20,25H,8-9,12-13H2,1-4H3;2-4H,1H2/b10-7+;.